The van der Waals surface area contributed by atoms with Gasteiger partial charge in [0, 0.05) is 17.2 Å². The van der Waals surface area contributed by atoms with Crippen molar-refractivity contribution in [1.82, 2.24) is 4.72 Å². The number of sulfonamides is 2. The topological polar surface area (TPSA) is 106 Å². The fourth-order valence-electron chi connectivity index (χ4n) is 2.13. The Morgan fingerprint density at radius 1 is 0.929 bits per heavy atom. The molecule has 2 aromatic carbocycles. The lowest BCUT2D eigenvalue weighted by molar-refractivity contribution is 0.571. The lowest BCUT2D eigenvalue weighted by Gasteiger charge is -2.08. The number of nitrogens with two attached hydrogens (primary N) is 1. The van der Waals surface area contributed by atoms with Crippen molar-refractivity contribution in [2.75, 3.05) is 0 Å². The molecule has 0 saturated heterocycles. The zero-order chi connectivity index (χ0) is 21.0. The van der Waals surface area contributed by atoms with Gasteiger partial charge in [-0.1, -0.05) is 36.1 Å². The molecule has 0 aliphatic rings. The molecule has 148 valence electrons. The minimum atomic E-state index is -4.17. The molecule has 0 radical (unpaired) electrons. The molecule has 0 fully saturated rings. The summed E-state index contributed by atoms with van der Waals surface area (Å²) < 4.78 is 50.3. The highest BCUT2D eigenvalue weighted by Crippen LogP contribution is 2.19. The van der Waals surface area contributed by atoms with Crippen molar-refractivity contribution in [2.45, 2.75) is 30.6 Å². The largest absolute Gasteiger partial charge is 0.286 e. The van der Waals surface area contributed by atoms with Crippen molar-refractivity contribution in [1.29, 1.82) is 0 Å². The standard InChI is InChI=1S/C20H22N2O4S2/c1-20(2,3)14-12-16-8-10-17(11-9-16)13-15-22-28(25,26)19-7-5-4-6-18(19)27(21,23)24/h4-11,13,15,22H,1-3H3,(H2,21,23,24)/b15-13+. The Morgan fingerprint density at radius 3 is 2.04 bits per heavy atom. The molecular weight excluding hydrogens is 396 g/mol. The van der Waals surface area contributed by atoms with Gasteiger partial charge in [-0.2, -0.15) is 0 Å². The van der Waals surface area contributed by atoms with Gasteiger partial charge in [-0.15, -0.1) is 0 Å². The van der Waals surface area contributed by atoms with E-state index >= 15 is 0 Å². The smallest absolute Gasteiger partial charge is 0.262 e. The molecule has 8 heteroatoms. The second kappa shape index (κ2) is 8.19. The first-order chi connectivity index (χ1) is 12.9. The molecule has 0 aromatic heterocycles. The van der Waals surface area contributed by atoms with Gasteiger partial charge >= 0.3 is 0 Å². The Morgan fingerprint density at radius 2 is 1.50 bits per heavy atom. The first-order valence-electron chi connectivity index (χ1n) is 8.32. The molecule has 28 heavy (non-hydrogen) atoms. The van der Waals surface area contributed by atoms with Crippen molar-refractivity contribution in [3.63, 3.8) is 0 Å². The Labute approximate surface area is 166 Å². The Hall–Kier alpha value is -2.60. The maximum Gasteiger partial charge on any atom is 0.262 e. The van der Waals surface area contributed by atoms with Gasteiger partial charge < -0.3 is 0 Å². The maximum absolute atomic E-state index is 12.4. The predicted molar refractivity (Wildman–Crippen MR) is 110 cm³/mol. The third kappa shape index (κ3) is 6.23. The highest BCUT2D eigenvalue weighted by Gasteiger charge is 2.22. The molecule has 0 saturated carbocycles. The van der Waals surface area contributed by atoms with E-state index in [0.29, 0.717) is 0 Å². The summed E-state index contributed by atoms with van der Waals surface area (Å²) >= 11 is 0. The zero-order valence-corrected chi connectivity index (χ0v) is 17.4. The van der Waals surface area contributed by atoms with E-state index in [-0.39, 0.29) is 5.41 Å². The Bertz CT molecular complexity index is 1150. The van der Waals surface area contributed by atoms with E-state index in [2.05, 4.69) is 16.6 Å². The minimum Gasteiger partial charge on any atom is -0.286 e. The molecule has 6 nitrogen and oxygen atoms in total. The average Bonchev–Trinajstić information content (AvgIpc) is 2.59. The van der Waals surface area contributed by atoms with Gasteiger partial charge in [-0.3, -0.25) is 4.72 Å². The third-order valence-corrected chi connectivity index (χ3v) is 5.92. The van der Waals surface area contributed by atoms with Crippen LogP contribution in [0.4, 0.5) is 0 Å². The van der Waals surface area contributed by atoms with Crippen LogP contribution < -0.4 is 9.86 Å². The molecule has 0 aliphatic carbocycles. The van der Waals surface area contributed by atoms with E-state index in [1.807, 2.05) is 32.9 Å². The molecule has 2 aromatic rings. The van der Waals surface area contributed by atoms with Crippen LogP contribution in [0, 0.1) is 17.3 Å². The van der Waals surface area contributed by atoms with Crippen molar-refractivity contribution < 1.29 is 16.8 Å². The van der Waals surface area contributed by atoms with E-state index < -0.39 is 29.8 Å². The van der Waals surface area contributed by atoms with Crippen molar-refractivity contribution >= 4 is 26.1 Å². The lowest BCUT2D eigenvalue weighted by Crippen LogP contribution is -2.23. The first-order valence-corrected chi connectivity index (χ1v) is 11.4. The fraction of sp³-hybridized carbons (Fsp3) is 0.200. The van der Waals surface area contributed by atoms with Gasteiger partial charge in [-0.05, 0) is 56.7 Å². The molecular formula is C20H22N2O4S2. The molecule has 0 amide bonds. The summed E-state index contributed by atoms with van der Waals surface area (Å²) in [6, 6.07) is 12.4. The zero-order valence-electron chi connectivity index (χ0n) is 15.8. The highest BCUT2D eigenvalue weighted by atomic mass is 32.2. The van der Waals surface area contributed by atoms with Gasteiger partial charge in [0.2, 0.25) is 10.0 Å². The van der Waals surface area contributed by atoms with Crippen LogP contribution in [0.25, 0.3) is 6.08 Å². The molecule has 0 aliphatic heterocycles. The van der Waals surface area contributed by atoms with Gasteiger partial charge in [-0.25, -0.2) is 22.0 Å². The van der Waals surface area contributed by atoms with Gasteiger partial charge in [0.05, 0.1) is 0 Å². The number of hydrogen-bond donors (Lipinski definition) is 2. The monoisotopic (exact) mass is 418 g/mol. The van der Waals surface area contributed by atoms with Gasteiger partial charge in [0.25, 0.3) is 10.0 Å². The van der Waals surface area contributed by atoms with E-state index in [4.69, 9.17) is 5.14 Å². The van der Waals surface area contributed by atoms with Crippen LogP contribution in [0.3, 0.4) is 0 Å². The van der Waals surface area contributed by atoms with Gasteiger partial charge in [0.1, 0.15) is 9.79 Å². The predicted octanol–water partition coefficient (Wildman–Crippen LogP) is 2.68. The summed E-state index contributed by atoms with van der Waals surface area (Å²) in [4.78, 5) is -0.868. The highest BCUT2D eigenvalue weighted by molar-refractivity contribution is 7.92. The summed E-state index contributed by atoms with van der Waals surface area (Å²) in [5, 5.41) is 5.09. The number of primary sulfonamides is 1. The summed E-state index contributed by atoms with van der Waals surface area (Å²) in [7, 11) is -8.27. The van der Waals surface area contributed by atoms with Crippen molar-refractivity contribution in [3.05, 3.63) is 65.9 Å². The summed E-state index contributed by atoms with van der Waals surface area (Å²) in [6.45, 7) is 6.08. The second-order valence-electron chi connectivity index (χ2n) is 7.07. The number of nitrogens with one attached hydrogen (secondary N) is 1. The second-order valence-corrected chi connectivity index (χ2v) is 10.3. The maximum atomic E-state index is 12.4. The van der Waals surface area contributed by atoms with E-state index in [1.165, 1.54) is 24.4 Å². The van der Waals surface area contributed by atoms with Crippen LogP contribution in [-0.4, -0.2) is 16.8 Å². The number of benzene rings is 2. The van der Waals surface area contributed by atoms with E-state index in [9.17, 15) is 16.8 Å². The quantitative estimate of drug-likeness (QED) is 0.728. The summed E-state index contributed by atoms with van der Waals surface area (Å²) in [5.74, 6) is 6.22. The van der Waals surface area contributed by atoms with Crippen molar-refractivity contribution in [3.8, 4) is 11.8 Å². The van der Waals surface area contributed by atoms with Gasteiger partial charge in [0.15, 0.2) is 0 Å². The van der Waals surface area contributed by atoms with Crippen LogP contribution in [0.5, 0.6) is 0 Å². The summed E-state index contributed by atoms with van der Waals surface area (Å²) in [6.07, 6.45) is 2.78. The number of hydrogen-bond acceptors (Lipinski definition) is 4. The number of rotatable bonds is 5. The normalized spacial score (nSPS) is 12.4. The summed E-state index contributed by atoms with van der Waals surface area (Å²) in [5.41, 5.74) is 1.52. The SMILES string of the molecule is CC(C)(C)C#Cc1ccc(/C=C/NS(=O)(=O)c2ccccc2S(N)(=O)=O)cc1. The molecule has 0 bridgehead atoms. The van der Waals surface area contributed by atoms with Crippen LogP contribution in [-0.2, 0) is 20.0 Å². The van der Waals surface area contributed by atoms with Crippen LogP contribution in [0.1, 0.15) is 31.9 Å². The van der Waals surface area contributed by atoms with Crippen LogP contribution >= 0.6 is 0 Å². The first kappa shape index (κ1) is 21.7. The lowest BCUT2D eigenvalue weighted by atomic mass is 9.97. The van der Waals surface area contributed by atoms with E-state index in [1.54, 1.807) is 18.2 Å². The average molecular weight is 419 g/mol. The molecule has 0 unspecified atom stereocenters. The Balaban J connectivity index is 2.18. The Kier molecular flexibility index (Phi) is 6.34. The van der Waals surface area contributed by atoms with Crippen LogP contribution in [0.15, 0.2) is 64.5 Å². The van der Waals surface area contributed by atoms with Crippen LogP contribution in [0.2, 0.25) is 0 Å². The molecule has 2 rings (SSSR count). The van der Waals surface area contributed by atoms with E-state index in [0.717, 1.165) is 17.2 Å². The molecule has 0 spiro atoms. The molecule has 0 atom stereocenters. The van der Waals surface area contributed by atoms with Crippen molar-refractivity contribution in [2.24, 2.45) is 10.6 Å². The minimum absolute atomic E-state index is 0.0931. The third-order valence-electron chi connectivity index (χ3n) is 3.44. The fourth-order valence-corrected chi connectivity index (χ4v) is 4.39. The molecule has 3 N–H and O–H groups in total. The molecule has 0 heterocycles.